The maximum absolute atomic E-state index is 11.5. The molecule has 1 heterocycles. The van der Waals surface area contributed by atoms with E-state index in [1.807, 2.05) is 0 Å². The smallest absolute Gasteiger partial charge is 0.338 e. The third-order valence-electron chi connectivity index (χ3n) is 1.96. The van der Waals surface area contributed by atoms with Crippen LogP contribution in [0, 0.1) is 0 Å². The minimum atomic E-state index is -1.14. The van der Waals surface area contributed by atoms with Gasteiger partial charge in [0.25, 0.3) is 5.91 Å². The largest absolute Gasteiger partial charge is 0.478 e. The van der Waals surface area contributed by atoms with Crippen LogP contribution in [0.4, 0.5) is 0 Å². The molecule has 0 radical (unpaired) electrons. The predicted octanol–water partition coefficient (Wildman–Crippen LogP) is 0.476. The van der Waals surface area contributed by atoms with Crippen molar-refractivity contribution in [2.75, 3.05) is 18.6 Å². The highest BCUT2D eigenvalue weighted by Crippen LogP contribution is 2.07. The first-order chi connectivity index (χ1) is 8.00. The Kier molecular flexibility index (Phi) is 4.89. The van der Waals surface area contributed by atoms with Gasteiger partial charge in [-0.25, -0.2) is 4.79 Å². The highest BCUT2D eigenvalue weighted by atomic mass is 32.2. The van der Waals surface area contributed by atoms with Gasteiger partial charge in [0.1, 0.15) is 6.26 Å². The summed E-state index contributed by atoms with van der Waals surface area (Å²) in [6.45, 7) is 0.377. The second-order valence-electron chi connectivity index (χ2n) is 3.39. The van der Waals surface area contributed by atoms with Gasteiger partial charge >= 0.3 is 5.97 Å². The van der Waals surface area contributed by atoms with Gasteiger partial charge < -0.3 is 14.8 Å². The summed E-state index contributed by atoms with van der Waals surface area (Å²) >= 11 is 0. The van der Waals surface area contributed by atoms with E-state index in [2.05, 4.69) is 5.32 Å². The number of carbonyl (C=O) groups excluding carboxylic acids is 1. The fourth-order valence-electron chi connectivity index (χ4n) is 1.13. The Balaban J connectivity index is 2.41. The highest BCUT2D eigenvalue weighted by molar-refractivity contribution is 7.84. The molecular weight excluding hydrogens is 246 g/mol. The fourth-order valence-corrected chi connectivity index (χ4v) is 1.68. The molecule has 0 aromatic carbocycles. The molecule has 0 spiro atoms. The van der Waals surface area contributed by atoms with Crippen LogP contribution < -0.4 is 5.32 Å². The molecule has 1 aromatic rings. The van der Waals surface area contributed by atoms with E-state index in [1.54, 1.807) is 6.26 Å². The topological polar surface area (TPSA) is 96.6 Å². The lowest BCUT2D eigenvalue weighted by atomic mass is 10.3. The molecule has 1 amide bonds. The van der Waals surface area contributed by atoms with Crippen LogP contribution >= 0.6 is 0 Å². The molecule has 1 unspecified atom stereocenters. The summed E-state index contributed by atoms with van der Waals surface area (Å²) in [6.07, 6.45) is 3.20. The lowest BCUT2D eigenvalue weighted by Gasteiger charge is -2.01. The monoisotopic (exact) mass is 259 g/mol. The zero-order valence-corrected chi connectivity index (χ0v) is 10.1. The molecule has 1 atom stereocenters. The molecule has 0 saturated heterocycles. The predicted molar refractivity (Wildman–Crippen MR) is 61.6 cm³/mol. The summed E-state index contributed by atoms with van der Waals surface area (Å²) in [6, 6.07) is 1.16. The molecule has 7 heteroatoms. The van der Waals surface area contributed by atoms with Crippen LogP contribution in [0.1, 0.15) is 27.3 Å². The van der Waals surface area contributed by atoms with Crippen LogP contribution in [0.3, 0.4) is 0 Å². The number of rotatable bonds is 6. The van der Waals surface area contributed by atoms with Gasteiger partial charge in [0.15, 0.2) is 5.76 Å². The molecule has 0 fully saturated rings. The Morgan fingerprint density at radius 3 is 2.76 bits per heavy atom. The number of amides is 1. The number of carbonyl (C=O) groups is 2. The second-order valence-corrected chi connectivity index (χ2v) is 4.95. The van der Waals surface area contributed by atoms with Gasteiger partial charge in [0.05, 0.1) is 5.56 Å². The highest BCUT2D eigenvalue weighted by Gasteiger charge is 2.13. The summed E-state index contributed by atoms with van der Waals surface area (Å²) in [4.78, 5) is 22.0. The van der Waals surface area contributed by atoms with Gasteiger partial charge in [0, 0.05) is 35.4 Å². The number of nitrogens with one attached hydrogen (secondary N) is 1. The normalized spacial score (nSPS) is 12.1. The molecular formula is C10H13NO5S. The second kappa shape index (κ2) is 6.19. The average Bonchev–Trinajstić information content (AvgIpc) is 2.73. The SMILES string of the molecule is CS(=O)CCCNC(=O)c1cc(C(=O)O)co1. The summed E-state index contributed by atoms with van der Waals surface area (Å²) in [7, 11) is -0.879. The summed E-state index contributed by atoms with van der Waals surface area (Å²) in [5, 5.41) is 11.2. The third-order valence-corrected chi connectivity index (χ3v) is 2.83. The van der Waals surface area contributed by atoms with Crippen LogP contribution in [0.5, 0.6) is 0 Å². The molecule has 17 heavy (non-hydrogen) atoms. The Morgan fingerprint density at radius 1 is 1.53 bits per heavy atom. The van der Waals surface area contributed by atoms with Gasteiger partial charge in [-0.15, -0.1) is 0 Å². The molecule has 1 aromatic heterocycles. The lowest BCUT2D eigenvalue weighted by Crippen LogP contribution is -2.24. The van der Waals surface area contributed by atoms with Gasteiger partial charge in [-0.1, -0.05) is 0 Å². The van der Waals surface area contributed by atoms with E-state index in [0.29, 0.717) is 18.7 Å². The first-order valence-electron chi connectivity index (χ1n) is 4.90. The molecule has 1 rings (SSSR count). The summed E-state index contributed by atoms with van der Waals surface area (Å²) < 4.78 is 15.6. The van der Waals surface area contributed by atoms with Crippen molar-refractivity contribution in [1.29, 1.82) is 0 Å². The zero-order chi connectivity index (χ0) is 12.8. The third kappa shape index (κ3) is 4.39. The Labute approximate surface area is 100 Å². The molecule has 6 nitrogen and oxygen atoms in total. The van der Waals surface area contributed by atoms with E-state index in [-0.39, 0.29) is 11.3 Å². The lowest BCUT2D eigenvalue weighted by molar-refractivity contribution is 0.0696. The summed E-state index contributed by atoms with van der Waals surface area (Å²) in [5.74, 6) is -1.15. The van der Waals surface area contributed by atoms with Crippen LogP contribution in [-0.2, 0) is 10.8 Å². The van der Waals surface area contributed by atoms with Gasteiger partial charge in [-0.3, -0.25) is 9.00 Å². The Bertz CT molecular complexity index is 440. The number of carboxylic acids is 1. The summed E-state index contributed by atoms with van der Waals surface area (Å²) in [5.41, 5.74) is -0.0650. The number of carboxylic acid groups (broad SMARTS) is 1. The van der Waals surface area contributed by atoms with Crippen molar-refractivity contribution in [3.63, 3.8) is 0 Å². The molecule has 0 saturated carbocycles. The van der Waals surface area contributed by atoms with Gasteiger partial charge in [-0.2, -0.15) is 0 Å². The molecule has 94 valence electrons. The van der Waals surface area contributed by atoms with E-state index in [1.165, 1.54) is 0 Å². The van der Waals surface area contributed by atoms with Crippen LogP contribution in [0.25, 0.3) is 0 Å². The molecule has 0 aliphatic rings. The number of aromatic carboxylic acids is 1. The molecule has 2 N–H and O–H groups in total. The van der Waals surface area contributed by atoms with E-state index >= 15 is 0 Å². The number of hydrogen-bond acceptors (Lipinski definition) is 4. The van der Waals surface area contributed by atoms with Crippen molar-refractivity contribution in [2.45, 2.75) is 6.42 Å². The van der Waals surface area contributed by atoms with E-state index in [0.717, 1.165) is 12.3 Å². The Hall–Kier alpha value is -1.63. The van der Waals surface area contributed by atoms with Crippen LogP contribution in [0.15, 0.2) is 16.7 Å². The fraction of sp³-hybridized carbons (Fsp3) is 0.400. The van der Waals surface area contributed by atoms with Crippen molar-refractivity contribution in [3.8, 4) is 0 Å². The Morgan fingerprint density at radius 2 is 2.24 bits per heavy atom. The minimum Gasteiger partial charge on any atom is -0.478 e. The quantitative estimate of drug-likeness (QED) is 0.724. The zero-order valence-electron chi connectivity index (χ0n) is 9.26. The van der Waals surface area contributed by atoms with E-state index < -0.39 is 22.7 Å². The number of hydrogen-bond donors (Lipinski definition) is 2. The molecule has 0 aliphatic carbocycles. The minimum absolute atomic E-state index is 0.0416. The maximum Gasteiger partial charge on any atom is 0.338 e. The molecule has 0 aliphatic heterocycles. The van der Waals surface area contributed by atoms with E-state index in [4.69, 9.17) is 9.52 Å². The van der Waals surface area contributed by atoms with Crippen LogP contribution in [0.2, 0.25) is 0 Å². The van der Waals surface area contributed by atoms with E-state index in [9.17, 15) is 13.8 Å². The molecule has 0 bridgehead atoms. The van der Waals surface area contributed by atoms with Crippen molar-refractivity contribution < 1.29 is 23.3 Å². The van der Waals surface area contributed by atoms with Crippen molar-refractivity contribution in [3.05, 3.63) is 23.7 Å². The van der Waals surface area contributed by atoms with Crippen LogP contribution in [-0.4, -0.2) is 39.7 Å². The van der Waals surface area contributed by atoms with Crippen molar-refractivity contribution in [2.24, 2.45) is 0 Å². The van der Waals surface area contributed by atoms with Gasteiger partial charge in [0.2, 0.25) is 0 Å². The first-order valence-corrected chi connectivity index (χ1v) is 6.63. The standard InChI is InChI=1S/C10H13NO5S/c1-17(15)4-2-3-11-9(12)8-5-7(6-16-8)10(13)14/h5-6H,2-4H2,1H3,(H,11,12)(H,13,14). The first kappa shape index (κ1) is 13.4. The average molecular weight is 259 g/mol. The van der Waals surface area contributed by atoms with Crippen molar-refractivity contribution >= 4 is 22.7 Å². The number of furan rings is 1. The van der Waals surface area contributed by atoms with Crippen molar-refractivity contribution in [1.82, 2.24) is 5.32 Å². The maximum atomic E-state index is 11.5. The van der Waals surface area contributed by atoms with Gasteiger partial charge in [-0.05, 0) is 6.42 Å².